The van der Waals surface area contributed by atoms with Gasteiger partial charge in [-0.25, -0.2) is 0 Å². The minimum absolute atomic E-state index is 0.463. The van der Waals surface area contributed by atoms with Crippen LogP contribution in [0.5, 0.6) is 5.75 Å². The van der Waals surface area contributed by atoms with Crippen molar-refractivity contribution >= 4 is 0 Å². The molecule has 1 N–H and O–H groups in total. The Balaban J connectivity index is 1.96. The molecule has 2 aliphatic rings. The molecule has 3 rings (SSSR count). The molecule has 1 aromatic rings. The summed E-state index contributed by atoms with van der Waals surface area (Å²) < 4.78 is 5.23. The first-order chi connectivity index (χ1) is 7.72. The molecule has 0 amide bonds. The Morgan fingerprint density at radius 3 is 2.88 bits per heavy atom. The lowest BCUT2D eigenvalue weighted by Gasteiger charge is -2.33. The van der Waals surface area contributed by atoms with Crippen LogP contribution in [-0.4, -0.2) is 12.2 Å². The SMILES string of the molecule is COc1cccc(C2(O)CC3CCC2C3)c1. The summed E-state index contributed by atoms with van der Waals surface area (Å²) in [5.74, 6) is 2.04. The first-order valence-corrected chi connectivity index (χ1v) is 6.09. The van der Waals surface area contributed by atoms with Gasteiger partial charge in [0.05, 0.1) is 12.7 Å². The van der Waals surface area contributed by atoms with Crippen LogP contribution in [0.15, 0.2) is 24.3 Å². The third kappa shape index (κ3) is 1.36. The van der Waals surface area contributed by atoms with E-state index < -0.39 is 5.60 Å². The van der Waals surface area contributed by atoms with Crippen LogP contribution >= 0.6 is 0 Å². The Kier molecular flexibility index (Phi) is 2.21. The molecule has 0 heterocycles. The van der Waals surface area contributed by atoms with Crippen molar-refractivity contribution in [2.75, 3.05) is 7.11 Å². The lowest BCUT2D eigenvalue weighted by molar-refractivity contribution is -0.0183. The summed E-state index contributed by atoms with van der Waals surface area (Å²) in [6.07, 6.45) is 4.62. The highest BCUT2D eigenvalue weighted by Crippen LogP contribution is 2.55. The maximum absolute atomic E-state index is 10.8. The fraction of sp³-hybridized carbons (Fsp3) is 0.571. The normalized spacial score (nSPS) is 36.6. The van der Waals surface area contributed by atoms with Gasteiger partial charge in [0, 0.05) is 0 Å². The van der Waals surface area contributed by atoms with Crippen LogP contribution in [0.4, 0.5) is 0 Å². The molecule has 2 saturated carbocycles. The second-order valence-electron chi connectivity index (χ2n) is 5.24. The van der Waals surface area contributed by atoms with Crippen molar-refractivity contribution in [2.45, 2.75) is 31.3 Å². The van der Waals surface area contributed by atoms with E-state index in [9.17, 15) is 5.11 Å². The highest BCUT2D eigenvalue weighted by molar-refractivity contribution is 5.34. The molecule has 3 atom stereocenters. The quantitative estimate of drug-likeness (QED) is 0.827. The van der Waals surface area contributed by atoms with Gasteiger partial charge >= 0.3 is 0 Å². The van der Waals surface area contributed by atoms with Crippen molar-refractivity contribution in [2.24, 2.45) is 11.8 Å². The third-order valence-electron chi connectivity index (χ3n) is 4.39. The zero-order valence-corrected chi connectivity index (χ0v) is 9.65. The smallest absolute Gasteiger partial charge is 0.119 e. The van der Waals surface area contributed by atoms with E-state index in [2.05, 4.69) is 0 Å². The second-order valence-corrected chi connectivity index (χ2v) is 5.24. The number of hydrogen-bond donors (Lipinski definition) is 1. The summed E-state index contributed by atoms with van der Waals surface area (Å²) in [6, 6.07) is 7.92. The molecule has 1 aromatic carbocycles. The molecule has 0 radical (unpaired) electrons. The fourth-order valence-electron chi connectivity index (χ4n) is 3.55. The van der Waals surface area contributed by atoms with E-state index in [4.69, 9.17) is 4.74 Å². The molecule has 3 unspecified atom stereocenters. The van der Waals surface area contributed by atoms with Gasteiger partial charge in [-0.1, -0.05) is 12.1 Å². The van der Waals surface area contributed by atoms with Crippen molar-refractivity contribution < 1.29 is 9.84 Å². The molecule has 0 aromatic heterocycles. The molecule has 2 aliphatic carbocycles. The maximum Gasteiger partial charge on any atom is 0.119 e. The highest BCUT2D eigenvalue weighted by Gasteiger charge is 2.50. The number of aliphatic hydroxyl groups is 1. The lowest BCUT2D eigenvalue weighted by atomic mass is 9.79. The standard InChI is InChI=1S/C14H18O2/c1-16-13-4-2-3-11(8-13)14(15)9-10-5-6-12(14)7-10/h2-4,8,10,12,15H,5-7,9H2,1H3. The van der Waals surface area contributed by atoms with Crippen LogP contribution in [0.2, 0.25) is 0 Å². The molecule has 2 fully saturated rings. The van der Waals surface area contributed by atoms with Gasteiger partial charge in [-0.15, -0.1) is 0 Å². The van der Waals surface area contributed by atoms with Gasteiger partial charge in [0.15, 0.2) is 0 Å². The number of benzene rings is 1. The van der Waals surface area contributed by atoms with Crippen molar-refractivity contribution in [3.8, 4) is 5.75 Å². The van der Waals surface area contributed by atoms with Crippen LogP contribution in [0.1, 0.15) is 31.2 Å². The zero-order chi connectivity index (χ0) is 11.2. The Hall–Kier alpha value is -1.02. The molecule has 2 nitrogen and oxygen atoms in total. The summed E-state index contributed by atoms with van der Waals surface area (Å²) in [6.45, 7) is 0. The van der Waals surface area contributed by atoms with Gasteiger partial charge in [0.25, 0.3) is 0 Å². The summed E-state index contributed by atoms with van der Waals surface area (Å²) in [5, 5.41) is 10.8. The molecule has 2 heteroatoms. The van der Waals surface area contributed by atoms with E-state index >= 15 is 0 Å². The molecule has 16 heavy (non-hydrogen) atoms. The number of fused-ring (bicyclic) bond motifs is 2. The highest BCUT2D eigenvalue weighted by atomic mass is 16.5. The van der Waals surface area contributed by atoms with Crippen LogP contribution in [0.25, 0.3) is 0 Å². The third-order valence-corrected chi connectivity index (χ3v) is 4.39. The second kappa shape index (κ2) is 3.49. The van der Waals surface area contributed by atoms with Gasteiger partial charge in [-0.3, -0.25) is 0 Å². The van der Waals surface area contributed by atoms with E-state index in [0.717, 1.165) is 23.7 Å². The van der Waals surface area contributed by atoms with Crippen LogP contribution in [0.3, 0.4) is 0 Å². The zero-order valence-electron chi connectivity index (χ0n) is 9.65. The van der Waals surface area contributed by atoms with Crippen LogP contribution < -0.4 is 4.74 Å². The Bertz CT molecular complexity index is 401. The van der Waals surface area contributed by atoms with Crippen LogP contribution in [0, 0.1) is 11.8 Å². The van der Waals surface area contributed by atoms with Gasteiger partial charge < -0.3 is 9.84 Å². The topological polar surface area (TPSA) is 29.5 Å². The Morgan fingerprint density at radius 1 is 1.38 bits per heavy atom. The maximum atomic E-state index is 10.8. The molecular weight excluding hydrogens is 200 g/mol. The Morgan fingerprint density at radius 2 is 2.25 bits per heavy atom. The molecule has 0 saturated heterocycles. The monoisotopic (exact) mass is 218 g/mol. The summed E-state index contributed by atoms with van der Waals surface area (Å²) in [7, 11) is 1.67. The van der Waals surface area contributed by atoms with Gasteiger partial charge in [-0.05, 0) is 55.2 Å². The van der Waals surface area contributed by atoms with E-state index in [1.54, 1.807) is 7.11 Å². The molecule has 2 bridgehead atoms. The molecule has 0 aliphatic heterocycles. The number of ether oxygens (including phenoxy) is 1. The summed E-state index contributed by atoms with van der Waals surface area (Å²) >= 11 is 0. The van der Waals surface area contributed by atoms with Gasteiger partial charge in [-0.2, -0.15) is 0 Å². The number of hydrogen-bond acceptors (Lipinski definition) is 2. The van der Waals surface area contributed by atoms with Crippen molar-refractivity contribution in [3.63, 3.8) is 0 Å². The predicted molar refractivity (Wildman–Crippen MR) is 62.3 cm³/mol. The van der Waals surface area contributed by atoms with E-state index in [0.29, 0.717) is 5.92 Å². The average Bonchev–Trinajstić information content (AvgIpc) is 2.89. The summed E-state index contributed by atoms with van der Waals surface area (Å²) in [5.41, 5.74) is 0.455. The van der Waals surface area contributed by atoms with Crippen LogP contribution in [-0.2, 0) is 5.60 Å². The summed E-state index contributed by atoms with van der Waals surface area (Å²) in [4.78, 5) is 0. The first-order valence-electron chi connectivity index (χ1n) is 6.09. The van der Waals surface area contributed by atoms with Crippen molar-refractivity contribution in [1.29, 1.82) is 0 Å². The van der Waals surface area contributed by atoms with Crippen molar-refractivity contribution in [1.82, 2.24) is 0 Å². The minimum atomic E-state index is -0.586. The van der Waals surface area contributed by atoms with E-state index in [1.807, 2.05) is 24.3 Å². The van der Waals surface area contributed by atoms with E-state index in [-0.39, 0.29) is 0 Å². The lowest BCUT2D eigenvalue weighted by Crippen LogP contribution is -2.32. The van der Waals surface area contributed by atoms with Gasteiger partial charge in [0.2, 0.25) is 0 Å². The number of methoxy groups -OCH3 is 1. The fourth-order valence-corrected chi connectivity index (χ4v) is 3.55. The molecular formula is C14H18O2. The average molecular weight is 218 g/mol. The largest absolute Gasteiger partial charge is 0.497 e. The van der Waals surface area contributed by atoms with Crippen molar-refractivity contribution in [3.05, 3.63) is 29.8 Å². The van der Waals surface area contributed by atoms with E-state index in [1.165, 1.54) is 19.3 Å². The Labute approximate surface area is 96.2 Å². The number of rotatable bonds is 2. The minimum Gasteiger partial charge on any atom is -0.497 e. The first kappa shape index (κ1) is 10.2. The molecule has 86 valence electrons. The van der Waals surface area contributed by atoms with Gasteiger partial charge in [0.1, 0.15) is 5.75 Å². The predicted octanol–water partition coefficient (Wildman–Crippen LogP) is 2.70. The molecule has 0 spiro atoms.